The van der Waals surface area contributed by atoms with Gasteiger partial charge < -0.3 is 15.2 Å². The second-order valence-electron chi connectivity index (χ2n) is 8.71. The predicted octanol–water partition coefficient (Wildman–Crippen LogP) is 7.17. The molecule has 6 heteroatoms. The van der Waals surface area contributed by atoms with E-state index in [0.717, 1.165) is 33.3 Å². The Kier molecular flexibility index (Phi) is 7.17. The number of pyridine rings is 1. The third kappa shape index (κ3) is 5.48. The number of benzene rings is 4. The zero-order chi connectivity index (χ0) is 25.8. The van der Waals surface area contributed by atoms with E-state index in [-0.39, 0.29) is 5.97 Å². The molecular formula is C31H25ClN2O3. The lowest BCUT2D eigenvalue weighted by atomic mass is 9.91. The number of carbonyl (C=O) groups is 1. The predicted molar refractivity (Wildman–Crippen MR) is 148 cm³/mol. The van der Waals surface area contributed by atoms with Gasteiger partial charge in [0.25, 0.3) is 0 Å². The van der Waals surface area contributed by atoms with Crippen LogP contribution in [0.1, 0.15) is 29.7 Å². The summed E-state index contributed by atoms with van der Waals surface area (Å²) in [6.45, 7) is 1.93. The van der Waals surface area contributed by atoms with Gasteiger partial charge in [0, 0.05) is 36.3 Å². The number of anilines is 1. The van der Waals surface area contributed by atoms with Crippen LogP contribution in [0.5, 0.6) is 5.75 Å². The van der Waals surface area contributed by atoms with Gasteiger partial charge in [0.05, 0.1) is 10.5 Å². The van der Waals surface area contributed by atoms with Crippen LogP contribution in [0.25, 0.3) is 22.0 Å². The van der Waals surface area contributed by atoms with E-state index < -0.39 is 6.10 Å². The summed E-state index contributed by atoms with van der Waals surface area (Å²) in [6, 6.07) is 30.7. The molecule has 184 valence electrons. The molecule has 1 heterocycles. The van der Waals surface area contributed by atoms with E-state index in [9.17, 15) is 9.90 Å². The molecule has 0 saturated heterocycles. The number of nitrogens with one attached hydrogen (secondary N) is 1. The average molecular weight is 509 g/mol. The summed E-state index contributed by atoms with van der Waals surface area (Å²) in [7, 11) is 0. The maximum Gasteiger partial charge on any atom is 0.308 e. The van der Waals surface area contributed by atoms with Crippen LogP contribution in [0.3, 0.4) is 0 Å². The monoisotopic (exact) mass is 508 g/mol. The highest BCUT2D eigenvalue weighted by Crippen LogP contribution is 2.39. The number of rotatable bonds is 7. The van der Waals surface area contributed by atoms with Crippen LogP contribution < -0.4 is 10.1 Å². The number of halogens is 1. The van der Waals surface area contributed by atoms with Crippen molar-refractivity contribution in [1.82, 2.24) is 4.98 Å². The Labute approximate surface area is 220 Å². The molecule has 1 atom stereocenters. The van der Waals surface area contributed by atoms with Crippen LogP contribution in [-0.2, 0) is 11.3 Å². The van der Waals surface area contributed by atoms with Crippen LogP contribution in [0.4, 0.5) is 5.69 Å². The minimum atomic E-state index is -0.854. The summed E-state index contributed by atoms with van der Waals surface area (Å²) in [5, 5.41) is 16.2. The van der Waals surface area contributed by atoms with Gasteiger partial charge in [-0.3, -0.25) is 9.78 Å². The summed E-state index contributed by atoms with van der Waals surface area (Å²) in [5.41, 5.74) is 5.86. The molecule has 0 bridgehead atoms. The van der Waals surface area contributed by atoms with Crippen LogP contribution in [0, 0.1) is 0 Å². The molecule has 4 aromatic carbocycles. The molecular weight excluding hydrogens is 484 g/mol. The van der Waals surface area contributed by atoms with Gasteiger partial charge in [-0.2, -0.15) is 0 Å². The summed E-state index contributed by atoms with van der Waals surface area (Å²) in [6.07, 6.45) is 0.856. The quantitative estimate of drug-likeness (QED) is 0.180. The Morgan fingerprint density at radius 1 is 0.973 bits per heavy atom. The third-order valence-corrected chi connectivity index (χ3v) is 6.40. The topological polar surface area (TPSA) is 71.5 Å². The van der Waals surface area contributed by atoms with Crippen molar-refractivity contribution < 1.29 is 14.6 Å². The summed E-state index contributed by atoms with van der Waals surface area (Å²) in [4.78, 5) is 15.9. The van der Waals surface area contributed by atoms with Crippen molar-refractivity contribution in [3.8, 4) is 16.9 Å². The summed E-state index contributed by atoms with van der Waals surface area (Å²) >= 11 is 6.49. The van der Waals surface area contributed by atoms with Crippen molar-refractivity contribution in [2.24, 2.45) is 0 Å². The molecule has 1 aromatic heterocycles. The van der Waals surface area contributed by atoms with Gasteiger partial charge in [-0.05, 0) is 52.6 Å². The number of nitrogens with zero attached hydrogens (tertiary/aromatic N) is 1. The van der Waals surface area contributed by atoms with Crippen molar-refractivity contribution in [3.63, 3.8) is 0 Å². The number of aromatic nitrogens is 1. The minimum absolute atomic E-state index is 0.351. The van der Waals surface area contributed by atoms with Crippen LogP contribution in [-0.4, -0.2) is 16.1 Å². The summed E-state index contributed by atoms with van der Waals surface area (Å²) in [5.74, 6) is 0.163. The van der Waals surface area contributed by atoms with E-state index >= 15 is 0 Å². The first kappa shape index (κ1) is 24.5. The van der Waals surface area contributed by atoms with Crippen LogP contribution >= 0.6 is 11.6 Å². The fourth-order valence-electron chi connectivity index (χ4n) is 4.42. The number of hydrogen-bond donors (Lipinski definition) is 2. The van der Waals surface area contributed by atoms with Crippen molar-refractivity contribution in [2.75, 3.05) is 5.32 Å². The lowest BCUT2D eigenvalue weighted by Gasteiger charge is -2.19. The lowest BCUT2D eigenvalue weighted by Crippen LogP contribution is -2.05. The first-order valence-electron chi connectivity index (χ1n) is 11.9. The number of fused-ring (bicyclic) bond motifs is 1. The van der Waals surface area contributed by atoms with E-state index in [2.05, 4.69) is 10.3 Å². The normalized spacial score (nSPS) is 11.8. The molecule has 0 fully saturated rings. The highest BCUT2D eigenvalue weighted by Gasteiger charge is 2.20. The Balaban J connectivity index is 1.52. The maximum absolute atomic E-state index is 11.3. The second-order valence-corrected chi connectivity index (χ2v) is 9.12. The van der Waals surface area contributed by atoms with Gasteiger partial charge in [-0.15, -0.1) is 0 Å². The smallest absolute Gasteiger partial charge is 0.308 e. The molecule has 0 radical (unpaired) electrons. The van der Waals surface area contributed by atoms with Gasteiger partial charge in [0.15, 0.2) is 0 Å². The fourth-order valence-corrected chi connectivity index (χ4v) is 4.64. The molecule has 0 aliphatic heterocycles. The highest BCUT2D eigenvalue weighted by atomic mass is 35.5. The lowest BCUT2D eigenvalue weighted by molar-refractivity contribution is -0.131. The second kappa shape index (κ2) is 10.8. The van der Waals surface area contributed by atoms with Crippen molar-refractivity contribution in [2.45, 2.75) is 19.6 Å². The summed E-state index contributed by atoms with van der Waals surface area (Å²) < 4.78 is 5.20. The molecule has 2 N–H and O–H groups in total. The van der Waals surface area contributed by atoms with E-state index in [0.29, 0.717) is 28.4 Å². The zero-order valence-electron chi connectivity index (χ0n) is 20.2. The molecule has 0 aliphatic carbocycles. The van der Waals surface area contributed by atoms with Crippen molar-refractivity contribution >= 4 is 34.2 Å². The van der Waals surface area contributed by atoms with Crippen molar-refractivity contribution in [1.29, 1.82) is 0 Å². The average Bonchev–Trinajstić information content (AvgIpc) is 2.91. The number of aliphatic hydroxyl groups is 1. The van der Waals surface area contributed by atoms with Gasteiger partial charge in [-0.1, -0.05) is 78.3 Å². The number of esters is 1. The van der Waals surface area contributed by atoms with Gasteiger partial charge in [0.2, 0.25) is 0 Å². The molecule has 5 aromatic rings. The van der Waals surface area contributed by atoms with Crippen LogP contribution in [0.15, 0.2) is 103 Å². The number of para-hydroxylation sites is 1. The zero-order valence-corrected chi connectivity index (χ0v) is 20.9. The van der Waals surface area contributed by atoms with Crippen LogP contribution in [0.2, 0.25) is 5.02 Å². The van der Waals surface area contributed by atoms with Crippen molar-refractivity contribution in [3.05, 3.63) is 125 Å². The molecule has 37 heavy (non-hydrogen) atoms. The number of hydrogen-bond acceptors (Lipinski definition) is 5. The minimum Gasteiger partial charge on any atom is -0.427 e. The van der Waals surface area contributed by atoms with E-state index in [4.69, 9.17) is 16.3 Å². The molecule has 5 rings (SSSR count). The molecule has 0 saturated carbocycles. The Morgan fingerprint density at radius 2 is 1.76 bits per heavy atom. The SMILES string of the molecule is CC(=O)Oc1cccc(CNc2cccc(-c3c(C(O)c4ccccc4)cnc4c(Cl)cccc34)c2)c1. The standard InChI is InChI=1S/C31H25ClN2O3/c1-20(35)37-25-13-5-8-21(16-25)18-33-24-12-6-11-23(17-24)29-26-14-7-15-28(32)30(26)34-19-27(29)31(36)22-9-3-2-4-10-22/h2-17,19,31,33,36H,18H2,1H3. The maximum atomic E-state index is 11.3. The third-order valence-electron chi connectivity index (χ3n) is 6.10. The van der Waals surface area contributed by atoms with Gasteiger partial charge in [0.1, 0.15) is 11.9 Å². The Morgan fingerprint density at radius 3 is 2.57 bits per heavy atom. The number of aliphatic hydroxyl groups excluding tert-OH is 1. The largest absolute Gasteiger partial charge is 0.427 e. The Bertz CT molecular complexity index is 1570. The van der Waals surface area contributed by atoms with E-state index in [1.54, 1.807) is 12.3 Å². The highest BCUT2D eigenvalue weighted by molar-refractivity contribution is 6.35. The van der Waals surface area contributed by atoms with Gasteiger partial charge >= 0.3 is 5.97 Å². The molecule has 1 unspecified atom stereocenters. The molecule has 0 aliphatic rings. The number of carbonyl (C=O) groups excluding carboxylic acids is 1. The molecule has 5 nitrogen and oxygen atoms in total. The molecule has 0 spiro atoms. The Hall–Kier alpha value is -4.19. The van der Waals surface area contributed by atoms with E-state index in [1.807, 2.05) is 91.0 Å². The van der Waals surface area contributed by atoms with E-state index in [1.165, 1.54) is 6.92 Å². The number of ether oxygens (including phenoxy) is 1. The molecule has 0 amide bonds. The first-order chi connectivity index (χ1) is 18.0. The fraction of sp³-hybridized carbons (Fsp3) is 0.0968. The van der Waals surface area contributed by atoms with Gasteiger partial charge in [-0.25, -0.2) is 0 Å². The first-order valence-corrected chi connectivity index (χ1v) is 12.3.